The predicted molar refractivity (Wildman–Crippen MR) is 78.5 cm³/mol. The van der Waals surface area contributed by atoms with E-state index in [1.54, 1.807) is 7.11 Å². The molecule has 2 N–H and O–H groups in total. The highest BCUT2D eigenvalue weighted by Gasteiger charge is 2.17. The van der Waals surface area contributed by atoms with Crippen molar-refractivity contribution in [3.05, 3.63) is 41.1 Å². The van der Waals surface area contributed by atoms with Gasteiger partial charge in [-0.05, 0) is 32.0 Å². The zero-order valence-corrected chi connectivity index (χ0v) is 11.7. The molecule has 0 saturated heterocycles. The first-order valence-electron chi connectivity index (χ1n) is 6.74. The topological polar surface area (TPSA) is 59.1 Å². The molecule has 1 aromatic heterocycles. The maximum Gasteiger partial charge on any atom is 0.318 e. The van der Waals surface area contributed by atoms with E-state index in [1.165, 1.54) is 11.1 Å². The molecule has 0 atom stereocenters. The second-order valence-electron chi connectivity index (χ2n) is 4.90. The Hall–Kier alpha value is -2.14. The number of fused-ring (bicyclic) bond motifs is 1. The SMILES string of the molecule is COc1nc2c(c(Nc3ccc(C)cc3)n1)CCNC2. The zero-order valence-electron chi connectivity index (χ0n) is 11.7. The van der Waals surface area contributed by atoms with Gasteiger partial charge < -0.3 is 15.4 Å². The Morgan fingerprint density at radius 2 is 2.00 bits per heavy atom. The molecule has 1 aliphatic heterocycles. The number of nitrogens with one attached hydrogen (secondary N) is 2. The van der Waals surface area contributed by atoms with Crippen LogP contribution >= 0.6 is 0 Å². The van der Waals surface area contributed by atoms with Gasteiger partial charge in [-0.15, -0.1) is 0 Å². The molecule has 2 heterocycles. The Bertz CT molecular complexity index is 610. The molecule has 20 heavy (non-hydrogen) atoms. The summed E-state index contributed by atoms with van der Waals surface area (Å²) in [4.78, 5) is 8.86. The molecule has 2 aromatic rings. The third kappa shape index (κ3) is 2.58. The van der Waals surface area contributed by atoms with Crippen molar-refractivity contribution in [3.8, 4) is 6.01 Å². The van der Waals surface area contributed by atoms with Gasteiger partial charge in [0.1, 0.15) is 5.82 Å². The standard InChI is InChI=1S/C15H18N4O/c1-10-3-5-11(6-4-10)17-14-12-7-8-16-9-13(12)18-15(19-14)20-2/h3-6,16H,7-9H2,1-2H3,(H,17,18,19). The van der Waals surface area contributed by atoms with E-state index in [4.69, 9.17) is 4.74 Å². The largest absolute Gasteiger partial charge is 0.467 e. The molecular weight excluding hydrogens is 252 g/mol. The lowest BCUT2D eigenvalue weighted by Crippen LogP contribution is -2.26. The molecular formula is C15H18N4O. The average molecular weight is 270 g/mol. The van der Waals surface area contributed by atoms with Crippen LogP contribution in [-0.4, -0.2) is 23.6 Å². The number of aromatic nitrogens is 2. The van der Waals surface area contributed by atoms with Crippen LogP contribution in [0.4, 0.5) is 11.5 Å². The van der Waals surface area contributed by atoms with Crippen LogP contribution in [0.25, 0.3) is 0 Å². The highest BCUT2D eigenvalue weighted by atomic mass is 16.5. The number of benzene rings is 1. The van der Waals surface area contributed by atoms with Crippen LogP contribution in [0, 0.1) is 6.92 Å². The lowest BCUT2D eigenvalue weighted by atomic mass is 10.1. The number of ether oxygens (including phenoxy) is 1. The van der Waals surface area contributed by atoms with Crippen LogP contribution in [0.5, 0.6) is 6.01 Å². The second-order valence-corrected chi connectivity index (χ2v) is 4.90. The zero-order chi connectivity index (χ0) is 13.9. The van der Waals surface area contributed by atoms with Crippen molar-refractivity contribution in [1.29, 1.82) is 0 Å². The molecule has 1 aromatic carbocycles. The molecule has 0 saturated carbocycles. The molecule has 5 nitrogen and oxygen atoms in total. The minimum Gasteiger partial charge on any atom is -0.467 e. The normalized spacial score (nSPS) is 13.7. The van der Waals surface area contributed by atoms with E-state index in [1.807, 2.05) is 0 Å². The fourth-order valence-electron chi connectivity index (χ4n) is 2.31. The van der Waals surface area contributed by atoms with Crippen molar-refractivity contribution >= 4 is 11.5 Å². The first kappa shape index (κ1) is 12.9. The van der Waals surface area contributed by atoms with Crippen LogP contribution in [0.3, 0.4) is 0 Å². The third-order valence-electron chi connectivity index (χ3n) is 3.41. The molecule has 0 bridgehead atoms. The Morgan fingerprint density at radius 1 is 1.20 bits per heavy atom. The highest BCUT2D eigenvalue weighted by molar-refractivity contribution is 5.61. The predicted octanol–water partition coefficient (Wildman–Crippen LogP) is 2.18. The van der Waals surface area contributed by atoms with E-state index in [-0.39, 0.29) is 0 Å². The number of nitrogens with zero attached hydrogens (tertiary/aromatic N) is 2. The van der Waals surface area contributed by atoms with Gasteiger partial charge in [-0.25, -0.2) is 0 Å². The Morgan fingerprint density at radius 3 is 2.75 bits per heavy atom. The lowest BCUT2D eigenvalue weighted by Gasteiger charge is -2.20. The number of methoxy groups -OCH3 is 1. The number of hydrogen-bond donors (Lipinski definition) is 2. The molecule has 0 unspecified atom stereocenters. The van der Waals surface area contributed by atoms with E-state index in [0.717, 1.165) is 36.7 Å². The molecule has 104 valence electrons. The van der Waals surface area contributed by atoms with E-state index < -0.39 is 0 Å². The van der Waals surface area contributed by atoms with Gasteiger partial charge in [0.25, 0.3) is 0 Å². The van der Waals surface area contributed by atoms with Gasteiger partial charge in [0.15, 0.2) is 0 Å². The maximum absolute atomic E-state index is 5.19. The Balaban J connectivity index is 1.96. The number of anilines is 2. The summed E-state index contributed by atoms with van der Waals surface area (Å²) in [5, 5.41) is 6.69. The summed E-state index contributed by atoms with van der Waals surface area (Å²) in [5.41, 5.74) is 4.45. The lowest BCUT2D eigenvalue weighted by molar-refractivity contribution is 0.376. The van der Waals surface area contributed by atoms with E-state index >= 15 is 0 Å². The van der Waals surface area contributed by atoms with Crippen molar-refractivity contribution in [1.82, 2.24) is 15.3 Å². The molecule has 0 spiro atoms. The summed E-state index contributed by atoms with van der Waals surface area (Å²) < 4.78 is 5.19. The van der Waals surface area contributed by atoms with Crippen molar-refractivity contribution in [3.63, 3.8) is 0 Å². The number of rotatable bonds is 3. The van der Waals surface area contributed by atoms with Crippen molar-refractivity contribution in [2.24, 2.45) is 0 Å². The maximum atomic E-state index is 5.19. The average Bonchev–Trinajstić information content (AvgIpc) is 2.49. The van der Waals surface area contributed by atoms with Crippen LogP contribution in [0.2, 0.25) is 0 Å². The Labute approximate surface area is 118 Å². The van der Waals surface area contributed by atoms with Crippen LogP contribution in [0.15, 0.2) is 24.3 Å². The van der Waals surface area contributed by atoms with Gasteiger partial charge in [0, 0.05) is 17.8 Å². The molecule has 0 amide bonds. The van der Waals surface area contributed by atoms with Crippen molar-refractivity contribution in [2.45, 2.75) is 19.9 Å². The summed E-state index contributed by atoms with van der Waals surface area (Å²) in [6.07, 6.45) is 0.924. The van der Waals surface area contributed by atoms with Crippen LogP contribution in [0.1, 0.15) is 16.8 Å². The fourth-order valence-corrected chi connectivity index (χ4v) is 2.31. The molecule has 5 heteroatoms. The summed E-state index contributed by atoms with van der Waals surface area (Å²) >= 11 is 0. The van der Waals surface area contributed by atoms with Crippen LogP contribution in [-0.2, 0) is 13.0 Å². The Kier molecular flexibility index (Phi) is 3.52. The van der Waals surface area contributed by atoms with Gasteiger partial charge in [0.05, 0.1) is 12.8 Å². The molecule has 0 radical (unpaired) electrons. The first-order valence-corrected chi connectivity index (χ1v) is 6.74. The fraction of sp³-hybridized carbons (Fsp3) is 0.333. The first-order chi connectivity index (χ1) is 9.76. The minimum absolute atomic E-state index is 0.405. The van der Waals surface area contributed by atoms with Gasteiger partial charge in [0.2, 0.25) is 0 Å². The number of aryl methyl sites for hydroxylation is 1. The van der Waals surface area contributed by atoms with Crippen LogP contribution < -0.4 is 15.4 Å². The van der Waals surface area contributed by atoms with Gasteiger partial charge in [-0.3, -0.25) is 0 Å². The molecule has 0 fully saturated rings. The molecule has 0 aliphatic carbocycles. The molecule has 1 aliphatic rings. The molecule has 3 rings (SSSR count). The summed E-state index contributed by atoms with van der Waals surface area (Å²) in [7, 11) is 1.59. The smallest absolute Gasteiger partial charge is 0.318 e. The number of hydrogen-bond acceptors (Lipinski definition) is 5. The summed E-state index contributed by atoms with van der Waals surface area (Å²) in [6, 6.07) is 8.67. The quantitative estimate of drug-likeness (QED) is 0.895. The summed E-state index contributed by atoms with van der Waals surface area (Å²) in [6.45, 7) is 3.78. The van der Waals surface area contributed by atoms with E-state index in [0.29, 0.717) is 6.01 Å². The third-order valence-corrected chi connectivity index (χ3v) is 3.41. The second kappa shape index (κ2) is 5.46. The van der Waals surface area contributed by atoms with Crippen molar-refractivity contribution < 1.29 is 4.74 Å². The summed E-state index contributed by atoms with van der Waals surface area (Å²) in [5.74, 6) is 0.845. The highest BCUT2D eigenvalue weighted by Crippen LogP contribution is 2.25. The monoisotopic (exact) mass is 270 g/mol. The van der Waals surface area contributed by atoms with Crippen molar-refractivity contribution in [2.75, 3.05) is 19.0 Å². The van der Waals surface area contributed by atoms with E-state index in [9.17, 15) is 0 Å². The van der Waals surface area contributed by atoms with Gasteiger partial charge in [-0.2, -0.15) is 9.97 Å². The van der Waals surface area contributed by atoms with Gasteiger partial charge >= 0.3 is 6.01 Å². The van der Waals surface area contributed by atoms with Gasteiger partial charge in [-0.1, -0.05) is 17.7 Å². The minimum atomic E-state index is 0.405. The van der Waals surface area contributed by atoms with E-state index in [2.05, 4.69) is 51.8 Å².